The minimum Gasteiger partial charge on any atom is -0.447 e. The van der Waals surface area contributed by atoms with Crippen LogP contribution < -0.4 is 0 Å². The van der Waals surface area contributed by atoms with Crippen LogP contribution in [-0.4, -0.2) is 45.9 Å². The number of nitrogens with zero attached hydrogens (tertiary/aromatic N) is 4. The summed E-state index contributed by atoms with van der Waals surface area (Å²) >= 11 is 0. The van der Waals surface area contributed by atoms with E-state index in [9.17, 15) is 4.39 Å². The van der Waals surface area contributed by atoms with Crippen molar-refractivity contribution in [2.45, 2.75) is 13.1 Å². The number of fused-ring (bicyclic) bond motifs is 1. The molecule has 6 heteroatoms. The Hall–Kier alpha value is -3.09. The molecule has 1 fully saturated rings. The number of pyridine rings is 1. The Bertz CT molecular complexity index is 1140. The van der Waals surface area contributed by atoms with Crippen LogP contribution in [0.2, 0.25) is 0 Å². The Morgan fingerprint density at radius 3 is 2.43 bits per heavy atom. The molecule has 0 unspecified atom stereocenters. The number of oxazole rings is 1. The Balaban J connectivity index is 1.20. The van der Waals surface area contributed by atoms with Crippen LogP contribution in [-0.2, 0) is 13.1 Å². The van der Waals surface area contributed by atoms with Crippen molar-refractivity contribution in [3.05, 3.63) is 84.3 Å². The van der Waals surface area contributed by atoms with E-state index in [2.05, 4.69) is 19.8 Å². The molecule has 4 aromatic rings. The van der Waals surface area contributed by atoms with Gasteiger partial charge in [-0.3, -0.25) is 14.8 Å². The SMILES string of the molecule is Fc1ccc(CN2CCN(Cc3nc(-c4ccccc4)co3)CC2)c2ncccc12. The van der Waals surface area contributed by atoms with Gasteiger partial charge in [0.05, 0.1) is 12.1 Å². The predicted molar refractivity (Wildman–Crippen MR) is 114 cm³/mol. The monoisotopic (exact) mass is 402 g/mol. The fourth-order valence-corrected chi connectivity index (χ4v) is 3.99. The van der Waals surface area contributed by atoms with Crippen LogP contribution in [0.4, 0.5) is 4.39 Å². The molecule has 5 nitrogen and oxygen atoms in total. The Labute approximate surface area is 174 Å². The third kappa shape index (κ3) is 3.97. The summed E-state index contributed by atoms with van der Waals surface area (Å²) in [6.45, 7) is 5.25. The molecule has 5 rings (SSSR count). The maximum absolute atomic E-state index is 14.0. The summed E-state index contributed by atoms with van der Waals surface area (Å²) in [5.41, 5.74) is 3.77. The molecule has 1 aliphatic heterocycles. The maximum atomic E-state index is 14.0. The summed E-state index contributed by atoms with van der Waals surface area (Å²) in [5, 5.41) is 0.590. The molecular formula is C24H23FN4O. The maximum Gasteiger partial charge on any atom is 0.208 e. The van der Waals surface area contributed by atoms with Crippen LogP contribution in [0.1, 0.15) is 11.5 Å². The van der Waals surface area contributed by atoms with E-state index in [1.165, 1.54) is 0 Å². The van der Waals surface area contributed by atoms with E-state index in [0.717, 1.165) is 61.0 Å². The van der Waals surface area contributed by atoms with Gasteiger partial charge in [-0.05, 0) is 23.8 Å². The van der Waals surface area contributed by atoms with Gasteiger partial charge in [-0.1, -0.05) is 36.4 Å². The summed E-state index contributed by atoms with van der Waals surface area (Å²) < 4.78 is 19.7. The third-order valence-corrected chi connectivity index (χ3v) is 5.64. The fourth-order valence-electron chi connectivity index (χ4n) is 3.99. The molecule has 3 heterocycles. The van der Waals surface area contributed by atoms with Gasteiger partial charge in [0.15, 0.2) is 0 Å². The molecule has 30 heavy (non-hydrogen) atoms. The molecule has 1 aliphatic rings. The predicted octanol–water partition coefficient (Wildman–Crippen LogP) is 4.35. The molecule has 0 aliphatic carbocycles. The van der Waals surface area contributed by atoms with Crippen molar-refractivity contribution in [2.75, 3.05) is 26.2 Å². The van der Waals surface area contributed by atoms with Crippen molar-refractivity contribution in [3.63, 3.8) is 0 Å². The van der Waals surface area contributed by atoms with Gasteiger partial charge in [-0.2, -0.15) is 0 Å². The number of benzene rings is 2. The van der Waals surface area contributed by atoms with Crippen molar-refractivity contribution >= 4 is 10.9 Å². The van der Waals surface area contributed by atoms with Crippen LogP contribution in [0.3, 0.4) is 0 Å². The van der Waals surface area contributed by atoms with E-state index in [4.69, 9.17) is 4.42 Å². The molecule has 2 aromatic heterocycles. The first-order valence-electron chi connectivity index (χ1n) is 10.2. The van der Waals surface area contributed by atoms with Crippen LogP contribution in [0.25, 0.3) is 22.2 Å². The van der Waals surface area contributed by atoms with Crippen LogP contribution >= 0.6 is 0 Å². The molecule has 0 bridgehead atoms. The summed E-state index contributed by atoms with van der Waals surface area (Å²) in [6, 6.07) is 17.0. The zero-order valence-corrected chi connectivity index (χ0v) is 16.7. The van der Waals surface area contributed by atoms with Crippen molar-refractivity contribution in [2.24, 2.45) is 0 Å². The molecule has 0 atom stereocenters. The average Bonchev–Trinajstić information content (AvgIpc) is 3.26. The fraction of sp³-hybridized carbons (Fsp3) is 0.250. The van der Waals surface area contributed by atoms with E-state index >= 15 is 0 Å². The van der Waals surface area contributed by atoms with Gasteiger partial charge < -0.3 is 4.42 Å². The van der Waals surface area contributed by atoms with Crippen LogP contribution in [0.5, 0.6) is 0 Å². The van der Waals surface area contributed by atoms with Gasteiger partial charge >= 0.3 is 0 Å². The lowest BCUT2D eigenvalue weighted by molar-refractivity contribution is 0.115. The number of halogens is 1. The van der Waals surface area contributed by atoms with Gasteiger partial charge in [0, 0.05) is 49.9 Å². The van der Waals surface area contributed by atoms with Gasteiger partial charge in [-0.25, -0.2) is 9.37 Å². The molecule has 1 saturated heterocycles. The smallest absolute Gasteiger partial charge is 0.208 e. The van der Waals surface area contributed by atoms with E-state index in [0.29, 0.717) is 11.9 Å². The van der Waals surface area contributed by atoms with Crippen LogP contribution in [0, 0.1) is 5.82 Å². The number of rotatable bonds is 5. The van der Waals surface area contributed by atoms with Gasteiger partial charge in [0.1, 0.15) is 17.8 Å². The minimum atomic E-state index is -0.215. The number of piperazine rings is 1. The lowest BCUT2D eigenvalue weighted by Gasteiger charge is -2.34. The second-order valence-corrected chi connectivity index (χ2v) is 7.65. The number of hydrogen-bond donors (Lipinski definition) is 0. The lowest BCUT2D eigenvalue weighted by Crippen LogP contribution is -2.45. The Morgan fingerprint density at radius 2 is 1.63 bits per heavy atom. The molecule has 0 amide bonds. The van der Waals surface area contributed by atoms with E-state index in [-0.39, 0.29) is 5.82 Å². The highest BCUT2D eigenvalue weighted by atomic mass is 19.1. The first kappa shape index (κ1) is 18.9. The number of hydrogen-bond acceptors (Lipinski definition) is 5. The van der Waals surface area contributed by atoms with Crippen molar-refractivity contribution in [3.8, 4) is 11.3 Å². The van der Waals surface area contributed by atoms with E-state index in [1.807, 2.05) is 36.4 Å². The number of aromatic nitrogens is 2. The molecule has 0 radical (unpaired) electrons. The van der Waals surface area contributed by atoms with Gasteiger partial charge in [-0.15, -0.1) is 0 Å². The first-order chi connectivity index (χ1) is 14.8. The normalized spacial score (nSPS) is 15.6. The second-order valence-electron chi connectivity index (χ2n) is 7.65. The Morgan fingerprint density at radius 1 is 0.867 bits per heavy atom. The van der Waals surface area contributed by atoms with Crippen molar-refractivity contribution < 1.29 is 8.81 Å². The summed E-state index contributed by atoms with van der Waals surface area (Å²) in [6.07, 6.45) is 3.46. The van der Waals surface area contributed by atoms with Crippen LogP contribution in [0.15, 0.2) is 71.5 Å². The average molecular weight is 402 g/mol. The Kier molecular flexibility index (Phi) is 5.26. The third-order valence-electron chi connectivity index (χ3n) is 5.64. The van der Waals surface area contributed by atoms with E-state index < -0.39 is 0 Å². The quantitative estimate of drug-likeness (QED) is 0.497. The molecule has 0 N–H and O–H groups in total. The van der Waals surface area contributed by atoms with Crippen molar-refractivity contribution in [1.29, 1.82) is 0 Å². The molecule has 0 saturated carbocycles. The highest BCUT2D eigenvalue weighted by Crippen LogP contribution is 2.22. The largest absolute Gasteiger partial charge is 0.447 e. The summed E-state index contributed by atoms with van der Waals surface area (Å²) in [4.78, 5) is 13.8. The molecule has 2 aromatic carbocycles. The first-order valence-corrected chi connectivity index (χ1v) is 10.2. The lowest BCUT2D eigenvalue weighted by atomic mass is 10.1. The molecule has 0 spiro atoms. The molecular weight excluding hydrogens is 379 g/mol. The zero-order chi connectivity index (χ0) is 20.3. The van der Waals surface area contributed by atoms with Crippen molar-refractivity contribution in [1.82, 2.24) is 19.8 Å². The standard InChI is InChI=1S/C24H23FN4O/c25-21-9-8-19(24-20(21)7-4-10-26-24)15-28-11-13-29(14-12-28)16-23-27-22(17-30-23)18-5-2-1-3-6-18/h1-10,17H,11-16H2. The zero-order valence-electron chi connectivity index (χ0n) is 16.7. The topological polar surface area (TPSA) is 45.4 Å². The van der Waals surface area contributed by atoms with Gasteiger partial charge in [0.25, 0.3) is 0 Å². The molecule has 152 valence electrons. The summed E-state index contributed by atoms with van der Waals surface area (Å²) in [7, 11) is 0. The minimum absolute atomic E-state index is 0.215. The highest BCUT2D eigenvalue weighted by molar-refractivity contribution is 5.82. The highest BCUT2D eigenvalue weighted by Gasteiger charge is 2.20. The van der Waals surface area contributed by atoms with Gasteiger partial charge in [0.2, 0.25) is 5.89 Å². The van der Waals surface area contributed by atoms with E-state index in [1.54, 1.807) is 30.7 Å². The summed E-state index contributed by atoms with van der Waals surface area (Å²) in [5.74, 6) is 0.531. The second kappa shape index (κ2) is 8.34.